The molecule has 0 fully saturated rings. The molecule has 0 amide bonds. The van der Waals surface area contributed by atoms with Crippen molar-refractivity contribution in [3.63, 3.8) is 0 Å². The Kier molecular flexibility index (Phi) is 16.5. The maximum Gasteiger partial charge on any atom is 0.466 e. The average Bonchev–Trinajstić information content (AvgIpc) is 2.43. The van der Waals surface area contributed by atoms with Crippen molar-refractivity contribution in [1.29, 1.82) is 0 Å². The van der Waals surface area contributed by atoms with Crippen LogP contribution in [0.3, 0.4) is 0 Å². The van der Waals surface area contributed by atoms with Gasteiger partial charge in [-0.25, -0.2) is 9.36 Å². The van der Waals surface area contributed by atoms with Crippen LogP contribution in [0, 0.1) is 0 Å². The number of rotatable bonds is 12. The van der Waals surface area contributed by atoms with Crippen LogP contribution in [0.4, 0.5) is 0 Å². The van der Waals surface area contributed by atoms with Crippen molar-refractivity contribution < 1.29 is 53.2 Å². The maximum absolute atomic E-state index is 11.0. The van der Waals surface area contributed by atoms with Gasteiger partial charge in [0.25, 0.3) is 0 Å². The van der Waals surface area contributed by atoms with Crippen molar-refractivity contribution in [3.8, 4) is 0 Å². The summed E-state index contributed by atoms with van der Waals surface area (Å²) < 4.78 is 28.6. The first kappa shape index (κ1) is 25.4. The summed E-state index contributed by atoms with van der Waals surface area (Å²) >= 11 is 0. The van der Waals surface area contributed by atoms with Gasteiger partial charge in [0.1, 0.15) is 6.61 Å². The Hall–Kier alpha value is -0.880. The highest BCUT2D eigenvalue weighted by Gasteiger charge is 2.11. The molecule has 0 radical (unpaired) electrons. The third kappa shape index (κ3) is 26.0. The first-order valence-corrected chi connectivity index (χ1v) is 8.31. The Labute approximate surface area is 139 Å². The fourth-order valence-corrected chi connectivity index (χ4v) is 0.947. The molecule has 5 N–H and O–H groups in total. The van der Waals surface area contributed by atoms with E-state index >= 15 is 0 Å². The quantitative estimate of drug-likeness (QED) is 0.0885. The van der Waals surface area contributed by atoms with Crippen LogP contribution in [-0.2, 0) is 28.3 Å². The smallest absolute Gasteiger partial charge is 0.430 e. The summed E-state index contributed by atoms with van der Waals surface area (Å²) in [4.78, 5) is 32.6. The topological polar surface area (TPSA) is 172 Å². The lowest BCUT2D eigenvalue weighted by Gasteiger charge is -2.12. The Bertz CT molecular complexity index is 373. The second-order valence-electron chi connectivity index (χ2n) is 4.18. The van der Waals surface area contributed by atoms with E-state index in [0.29, 0.717) is 26.4 Å². The molecule has 0 bridgehead atoms. The van der Waals surface area contributed by atoms with Crippen LogP contribution in [0.5, 0.6) is 0 Å². The molecule has 1 unspecified atom stereocenters. The molecule has 1 atom stereocenters. The number of phosphoric acid groups is 1. The van der Waals surface area contributed by atoms with Gasteiger partial charge in [-0.2, -0.15) is 0 Å². The van der Waals surface area contributed by atoms with Gasteiger partial charge in [0.2, 0.25) is 6.29 Å². The van der Waals surface area contributed by atoms with Crippen LogP contribution in [0.25, 0.3) is 0 Å². The molecule has 24 heavy (non-hydrogen) atoms. The highest BCUT2D eigenvalue weighted by Crippen LogP contribution is 2.25. The number of hydrogen-bond acceptors (Lipinski definition) is 8. The van der Waals surface area contributed by atoms with E-state index in [-0.39, 0.29) is 25.4 Å². The molecule has 0 spiro atoms. The lowest BCUT2D eigenvalue weighted by Crippen LogP contribution is -2.24. The molecule has 0 rings (SSSR count). The van der Waals surface area contributed by atoms with Crippen LogP contribution in [-0.4, -0.2) is 83.4 Å². The number of ether oxygens (including phenoxy) is 4. The van der Waals surface area contributed by atoms with Crippen LogP contribution in [0.15, 0.2) is 12.2 Å². The molecule has 144 valence electrons. The number of carbonyl (C=O) groups is 1. The van der Waals surface area contributed by atoms with E-state index in [0.717, 1.165) is 0 Å². The van der Waals surface area contributed by atoms with Crippen molar-refractivity contribution >= 4 is 13.8 Å². The normalized spacial score (nSPS) is 12.1. The number of aliphatic hydroxyl groups is 2. The fraction of sp³-hybridized carbons (Fsp3) is 0.750. The molecule has 0 aromatic carbocycles. The van der Waals surface area contributed by atoms with E-state index in [1.54, 1.807) is 0 Å². The molecule has 0 saturated carbocycles. The van der Waals surface area contributed by atoms with Gasteiger partial charge in [0.05, 0.1) is 39.6 Å². The third-order valence-electron chi connectivity index (χ3n) is 1.83. The van der Waals surface area contributed by atoms with Crippen molar-refractivity contribution in [1.82, 2.24) is 0 Å². The number of carbonyl (C=O) groups excluding carboxylic acids is 1. The minimum absolute atomic E-state index is 0.0100. The summed E-state index contributed by atoms with van der Waals surface area (Å²) in [7, 11) is -4.64. The molecule has 0 aliphatic carbocycles. The molecule has 11 nitrogen and oxygen atoms in total. The SMILES string of the molecule is C=C(C)C(=O)OC(O)COCCOCCOCCO.O=P(O)(O)O. The van der Waals surface area contributed by atoms with E-state index in [4.69, 9.17) is 38.6 Å². The van der Waals surface area contributed by atoms with Crippen molar-refractivity contribution in [3.05, 3.63) is 12.2 Å². The van der Waals surface area contributed by atoms with Crippen LogP contribution in [0.1, 0.15) is 6.92 Å². The first-order valence-electron chi connectivity index (χ1n) is 6.74. The second-order valence-corrected chi connectivity index (χ2v) is 5.20. The van der Waals surface area contributed by atoms with Gasteiger partial charge in [-0.05, 0) is 6.92 Å². The van der Waals surface area contributed by atoms with Gasteiger partial charge in [0.15, 0.2) is 0 Å². The van der Waals surface area contributed by atoms with Crippen LogP contribution >= 0.6 is 7.82 Å². The van der Waals surface area contributed by atoms with Gasteiger partial charge in [-0.3, -0.25) is 0 Å². The van der Waals surface area contributed by atoms with Gasteiger partial charge in [-0.15, -0.1) is 0 Å². The van der Waals surface area contributed by atoms with Crippen LogP contribution in [0.2, 0.25) is 0 Å². The lowest BCUT2D eigenvalue weighted by atomic mass is 10.4. The first-order chi connectivity index (χ1) is 11.1. The fourth-order valence-electron chi connectivity index (χ4n) is 0.947. The van der Waals surface area contributed by atoms with E-state index in [1.165, 1.54) is 6.92 Å². The van der Waals surface area contributed by atoms with Gasteiger partial charge < -0.3 is 43.8 Å². The molecule has 0 aromatic heterocycles. The molecule has 0 heterocycles. The largest absolute Gasteiger partial charge is 0.466 e. The molecular weight excluding hydrogens is 351 g/mol. The molecule has 0 saturated heterocycles. The number of esters is 1. The second kappa shape index (κ2) is 15.6. The summed E-state index contributed by atoms with van der Waals surface area (Å²) in [6, 6.07) is 0. The number of aliphatic hydroxyl groups excluding tert-OH is 2. The number of hydrogen-bond donors (Lipinski definition) is 5. The van der Waals surface area contributed by atoms with E-state index in [2.05, 4.69) is 11.3 Å². The predicted molar refractivity (Wildman–Crippen MR) is 80.7 cm³/mol. The summed E-state index contributed by atoms with van der Waals surface area (Å²) in [5.74, 6) is -0.659. The summed E-state index contributed by atoms with van der Waals surface area (Å²) in [5.41, 5.74) is 0.213. The maximum atomic E-state index is 11.0. The highest BCUT2D eigenvalue weighted by molar-refractivity contribution is 7.45. The Morgan fingerprint density at radius 3 is 1.88 bits per heavy atom. The minimum Gasteiger partial charge on any atom is -0.430 e. The molecule has 0 aliphatic rings. The van der Waals surface area contributed by atoms with Gasteiger partial charge >= 0.3 is 13.8 Å². The zero-order chi connectivity index (χ0) is 19.0. The van der Waals surface area contributed by atoms with E-state index in [1.807, 2.05) is 0 Å². The third-order valence-corrected chi connectivity index (χ3v) is 1.83. The molecule has 12 heteroatoms. The van der Waals surface area contributed by atoms with Crippen molar-refractivity contribution in [2.75, 3.05) is 46.2 Å². The average molecular weight is 376 g/mol. The monoisotopic (exact) mass is 376 g/mol. The zero-order valence-corrected chi connectivity index (χ0v) is 14.3. The van der Waals surface area contributed by atoms with E-state index in [9.17, 15) is 9.90 Å². The van der Waals surface area contributed by atoms with Crippen molar-refractivity contribution in [2.24, 2.45) is 0 Å². The standard InChI is InChI=1S/C12H22O7.H3O4P/c1-10(2)12(15)19-11(14)9-18-8-7-17-6-5-16-4-3-13;1-5(2,3)4/h11,13-14H,1,3-9H2,2H3;(H3,1,2,3,4). The summed E-state index contributed by atoms with van der Waals surface area (Å²) in [6.45, 7) is 6.44. The Morgan fingerprint density at radius 2 is 1.46 bits per heavy atom. The van der Waals surface area contributed by atoms with Gasteiger partial charge in [0, 0.05) is 5.57 Å². The molecule has 0 aromatic rings. The lowest BCUT2D eigenvalue weighted by molar-refractivity contribution is -0.173. The van der Waals surface area contributed by atoms with E-state index < -0.39 is 20.1 Å². The van der Waals surface area contributed by atoms with Crippen molar-refractivity contribution in [2.45, 2.75) is 13.2 Å². The minimum atomic E-state index is -4.64. The summed E-state index contributed by atoms with van der Waals surface area (Å²) in [5, 5.41) is 17.7. The van der Waals surface area contributed by atoms with Gasteiger partial charge in [-0.1, -0.05) is 6.58 Å². The Morgan fingerprint density at radius 1 is 1.04 bits per heavy atom. The highest BCUT2D eigenvalue weighted by atomic mass is 31.2. The summed E-state index contributed by atoms with van der Waals surface area (Å²) in [6.07, 6.45) is -1.31. The molecule has 0 aliphatic heterocycles. The van der Waals surface area contributed by atoms with Crippen LogP contribution < -0.4 is 0 Å². The molecular formula is C12H25O11P. The Balaban J connectivity index is 0. The predicted octanol–water partition coefficient (Wildman–Crippen LogP) is -1.46. The zero-order valence-electron chi connectivity index (χ0n) is 13.4.